The van der Waals surface area contributed by atoms with Crippen molar-refractivity contribution in [1.29, 1.82) is 0 Å². The van der Waals surface area contributed by atoms with E-state index in [0.29, 0.717) is 30.9 Å². The molecule has 1 unspecified atom stereocenters. The lowest BCUT2D eigenvalue weighted by Gasteiger charge is -2.34. The van der Waals surface area contributed by atoms with Gasteiger partial charge in [-0.3, -0.25) is 4.79 Å². The van der Waals surface area contributed by atoms with Crippen LogP contribution in [0.1, 0.15) is 34.3 Å². The van der Waals surface area contributed by atoms with Gasteiger partial charge in [-0.2, -0.15) is 0 Å². The number of pyridine rings is 1. The van der Waals surface area contributed by atoms with E-state index in [1.807, 2.05) is 48.5 Å². The molecule has 2 N–H and O–H groups in total. The molecule has 186 valence electrons. The largest absolute Gasteiger partial charge is 0.480 e. The first-order valence-corrected chi connectivity index (χ1v) is 12.7. The maximum Gasteiger partial charge on any atom is 0.326 e. The fraction of sp³-hybridized carbons (Fsp3) is 0.345. The van der Waals surface area contributed by atoms with Crippen LogP contribution in [0.5, 0.6) is 0 Å². The molecule has 2 aliphatic heterocycles. The molecule has 1 saturated heterocycles. The summed E-state index contributed by atoms with van der Waals surface area (Å²) in [5.74, 6) is 0.381. The summed E-state index contributed by atoms with van der Waals surface area (Å²) in [7, 11) is 0. The maximum absolute atomic E-state index is 13.0. The highest BCUT2D eigenvalue weighted by Gasteiger charge is 2.34. The summed E-state index contributed by atoms with van der Waals surface area (Å²) in [5.41, 5.74) is 3.68. The molecular weight excluding hydrogens is 452 g/mol. The van der Waals surface area contributed by atoms with Gasteiger partial charge >= 0.3 is 5.97 Å². The van der Waals surface area contributed by atoms with Gasteiger partial charge in [0.25, 0.3) is 5.91 Å². The van der Waals surface area contributed by atoms with Crippen molar-refractivity contribution >= 4 is 23.4 Å². The average Bonchev–Trinajstić information content (AvgIpc) is 2.92. The fourth-order valence-electron chi connectivity index (χ4n) is 5.25. The molecule has 2 aliphatic rings. The van der Waals surface area contributed by atoms with Crippen LogP contribution in [0.3, 0.4) is 0 Å². The van der Waals surface area contributed by atoms with Crippen LogP contribution in [-0.2, 0) is 17.6 Å². The number of benzene rings is 2. The van der Waals surface area contributed by atoms with Crippen molar-refractivity contribution in [3.05, 3.63) is 89.6 Å². The summed E-state index contributed by atoms with van der Waals surface area (Å²) < 4.78 is 0. The predicted octanol–water partition coefficient (Wildman–Crippen LogP) is 4.10. The fourth-order valence-corrected chi connectivity index (χ4v) is 5.25. The number of carbonyl (C=O) groups is 2. The highest BCUT2D eigenvalue weighted by Crippen LogP contribution is 2.26. The molecule has 1 aromatic heterocycles. The summed E-state index contributed by atoms with van der Waals surface area (Å²) in [6.07, 6.45) is 5.00. The molecule has 1 fully saturated rings. The zero-order chi connectivity index (χ0) is 24.9. The van der Waals surface area contributed by atoms with Crippen LogP contribution < -0.4 is 10.2 Å². The van der Waals surface area contributed by atoms with Gasteiger partial charge in [0.15, 0.2) is 0 Å². The van der Waals surface area contributed by atoms with Crippen molar-refractivity contribution < 1.29 is 14.7 Å². The number of hydrogen-bond acceptors (Lipinski definition) is 5. The third-order valence-corrected chi connectivity index (χ3v) is 7.37. The van der Waals surface area contributed by atoms with E-state index in [1.165, 1.54) is 4.90 Å². The highest BCUT2D eigenvalue weighted by atomic mass is 16.4. The van der Waals surface area contributed by atoms with E-state index in [-0.39, 0.29) is 5.91 Å². The second-order valence-electron chi connectivity index (χ2n) is 9.66. The van der Waals surface area contributed by atoms with Crippen LogP contribution in [0, 0.1) is 5.92 Å². The van der Waals surface area contributed by atoms with Crippen LogP contribution in [-0.4, -0.2) is 59.1 Å². The first-order valence-electron chi connectivity index (χ1n) is 12.7. The minimum atomic E-state index is -0.965. The van der Waals surface area contributed by atoms with E-state index in [4.69, 9.17) is 0 Å². The monoisotopic (exact) mass is 484 g/mol. The smallest absolute Gasteiger partial charge is 0.326 e. The van der Waals surface area contributed by atoms with Gasteiger partial charge < -0.3 is 20.2 Å². The van der Waals surface area contributed by atoms with Gasteiger partial charge in [0.2, 0.25) is 0 Å². The number of fused-ring (bicyclic) bond motifs is 1. The molecule has 5 rings (SSSR count). The normalized spacial score (nSPS) is 16.9. The number of aromatic nitrogens is 1. The Bertz CT molecular complexity index is 1190. The van der Waals surface area contributed by atoms with Crippen molar-refractivity contribution in [3.63, 3.8) is 0 Å². The molecule has 1 atom stereocenters. The number of aliphatic carboxylic acids is 1. The molecule has 36 heavy (non-hydrogen) atoms. The first-order chi connectivity index (χ1) is 17.6. The lowest BCUT2D eigenvalue weighted by Crippen LogP contribution is -2.49. The number of piperidine rings is 1. The highest BCUT2D eigenvalue weighted by molar-refractivity contribution is 5.99. The summed E-state index contributed by atoms with van der Waals surface area (Å²) in [6, 6.07) is 20.7. The van der Waals surface area contributed by atoms with Crippen molar-refractivity contribution in [2.24, 2.45) is 5.92 Å². The number of nitrogens with one attached hydrogen (secondary N) is 1. The third kappa shape index (κ3) is 5.35. The Morgan fingerprint density at radius 1 is 1.00 bits per heavy atom. The van der Waals surface area contributed by atoms with Gasteiger partial charge in [0.1, 0.15) is 11.9 Å². The van der Waals surface area contributed by atoms with E-state index in [2.05, 4.69) is 27.3 Å². The zero-order valence-electron chi connectivity index (χ0n) is 20.3. The molecule has 0 bridgehead atoms. The third-order valence-electron chi connectivity index (χ3n) is 7.37. The van der Waals surface area contributed by atoms with E-state index in [0.717, 1.165) is 55.1 Å². The molecule has 3 heterocycles. The van der Waals surface area contributed by atoms with E-state index in [9.17, 15) is 14.7 Å². The minimum Gasteiger partial charge on any atom is -0.480 e. The molecule has 7 heteroatoms. The van der Waals surface area contributed by atoms with Crippen molar-refractivity contribution in [2.75, 3.05) is 36.4 Å². The van der Waals surface area contributed by atoms with Gasteiger partial charge in [-0.25, -0.2) is 9.78 Å². The first kappa shape index (κ1) is 23.9. The second kappa shape index (κ2) is 10.8. The Balaban J connectivity index is 1.17. The van der Waals surface area contributed by atoms with Gasteiger partial charge in [-0.05, 0) is 66.6 Å². The van der Waals surface area contributed by atoms with E-state index in [1.54, 1.807) is 12.3 Å². The number of rotatable bonds is 8. The van der Waals surface area contributed by atoms with Crippen LogP contribution in [0.4, 0.5) is 11.5 Å². The van der Waals surface area contributed by atoms with Crippen LogP contribution in [0.2, 0.25) is 0 Å². The second-order valence-corrected chi connectivity index (χ2v) is 9.66. The summed E-state index contributed by atoms with van der Waals surface area (Å²) in [5, 5.41) is 13.4. The molecule has 0 aliphatic carbocycles. The summed E-state index contributed by atoms with van der Waals surface area (Å²) >= 11 is 0. The molecular formula is C29H32N4O3. The molecule has 3 aromatic rings. The van der Waals surface area contributed by atoms with Crippen LogP contribution in [0.25, 0.3) is 0 Å². The van der Waals surface area contributed by atoms with Crippen molar-refractivity contribution in [2.45, 2.75) is 31.7 Å². The van der Waals surface area contributed by atoms with Crippen molar-refractivity contribution in [3.8, 4) is 0 Å². The Hall–Kier alpha value is -3.87. The summed E-state index contributed by atoms with van der Waals surface area (Å²) in [6.45, 7) is 3.34. The van der Waals surface area contributed by atoms with Gasteiger partial charge in [0, 0.05) is 50.0 Å². The van der Waals surface area contributed by atoms with E-state index < -0.39 is 12.0 Å². The predicted molar refractivity (Wildman–Crippen MR) is 140 cm³/mol. The molecule has 0 spiro atoms. The zero-order valence-corrected chi connectivity index (χ0v) is 20.3. The van der Waals surface area contributed by atoms with Crippen LogP contribution in [0.15, 0.2) is 72.9 Å². The molecule has 2 aromatic carbocycles. The molecule has 0 radical (unpaired) electrons. The number of carbonyl (C=O) groups excluding carboxylic acids is 1. The number of nitrogens with zero attached hydrogens (tertiary/aromatic N) is 3. The Morgan fingerprint density at radius 2 is 1.75 bits per heavy atom. The number of carboxylic acids is 1. The standard InChI is InChI=1S/C29H32N4O3/c34-28-25-6-2-1-5-23(25)14-18-33(28)26(29(35)36)19-21-8-10-24(11-9-21)32-16-12-22(13-17-32)20-31-27-7-3-4-15-30-27/h1-11,15,22,26H,12-14,16-20H2,(H,30,31)(H,35,36). The summed E-state index contributed by atoms with van der Waals surface area (Å²) in [4.78, 5) is 33.4. The van der Waals surface area contributed by atoms with E-state index >= 15 is 0 Å². The Labute approximate surface area is 211 Å². The lowest BCUT2D eigenvalue weighted by molar-refractivity contribution is -0.142. The van der Waals surface area contributed by atoms with Gasteiger partial charge in [0.05, 0.1) is 0 Å². The number of amides is 1. The number of carboxylic acid groups (broad SMARTS) is 1. The molecule has 0 saturated carbocycles. The van der Waals surface area contributed by atoms with Gasteiger partial charge in [-0.15, -0.1) is 0 Å². The average molecular weight is 485 g/mol. The molecule has 1 amide bonds. The quantitative estimate of drug-likeness (QED) is 0.501. The lowest BCUT2D eigenvalue weighted by atomic mass is 9.95. The van der Waals surface area contributed by atoms with Crippen LogP contribution >= 0.6 is 0 Å². The number of anilines is 2. The number of hydrogen-bond donors (Lipinski definition) is 2. The Morgan fingerprint density at radius 3 is 2.47 bits per heavy atom. The SMILES string of the molecule is O=C(O)C(Cc1ccc(N2CCC(CNc3ccccn3)CC2)cc1)N1CCc2ccccc2C1=O. The maximum atomic E-state index is 13.0. The Kier molecular flexibility index (Phi) is 7.16. The van der Waals surface area contributed by atoms with Crippen molar-refractivity contribution in [1.82, 2.24) is 9.88 Å². The minimum absolute atomic E-state index is 0.193. The topological polar surface area (TPSA) is 85.8 Å². The van der Waals surface area contributed by atoms with Gasteiger partial charge in [-0.1, -0.05) is 36.4 Å². The molecule has 7 nitrogen and oxygen atoms in total.